The van der Waals surface area contributed by atoms with Crippen molar-refractivity contribution < 1.29 is 9.90 Å². The lowest BCUT2D eigenvalue weighted by Crippen LogP contribution is -2.45. The Morgan fingerprint density at radius 3 is 2.55 bits per heavy atom. The molecule has 1 aromatic heterocycles. The number of hydrogen-bond acceptors (Lipinski definition) is 5. The van der Waals surface area contributed by atoms with Crippen molar-refractivity contribution in [3.05, 3.63) is 53.9 Å². The Hall–Kier alpha value is -2.73. The van der Waals surface area contributed by atoms with E-state index >= 15 is 0 Å². The van der Waals surface area contributed by atoms with Gasteiger partial charge in [-0.1, -0.05) is 50.5 Å². The Balaban J connectivity index is 1.54. The van der Waals surface area contributed by atoms with Crippen molar-refractivity contribution in [2.75, 3.05) is 13.6 Å². The number of carbonyl (C=O) groups is 1. The van der Waals surface area contributed by atoms with Gasteiger partial charge in [-0.2, -0.15) is 5.01 Å². The summed E-state index contributed by atoms with van der Waals surface area (Å²) in [6.07, 6.45) is 11.7. The fraction of sp³-hybridized carbons (Fsp3) is 0.480. The molecule has 6 heteroatoms. The number of aromatic carboxylic acids is 1. The van der Waals surface area contributed by atoms with Crippen LogP contribution in [0.1, 0.15) is 61.4 Å². The van der Waals surface area contributed by atoms with Gasteiger partial charge in [0.15, 0.2) is 0 Å². The summed E-state index contributed by atoms with van der Waals surface area (Å²) < 4.78 is 0. The van der Waals surface area contributed by atoms with Crippen LogP contribution in [-0.2, 0) is 6.42 Å². The Kier molecular flexibility index (Phi) is 6.66. The van der Waals surface area contributed by atoms with Crippen LogP contribution in [-0.4, -0.2) is 51.7 Å². The number of hydrogen-bond donors (Lipinski definition) is 1. The van der Waals surface area contributed by atoms with Crippen molar-refractivity contribution >= 4 is 11.8 Å². The molecule has 2 heterocycles. The molecule has 2 aromatic rings. The lowest BCUT2D eigenvalue weighted by atomic mass is 9.87. The molecule has 6 nitrogen and oxygen atoms in total. The maximum Gasteiger partial charge on any atom is 0.337 e. The number of aliphatic imine (C=N–C) groups is 1. The van der Waals surface area contributed by atoms with Gasteiger partial charge in [-0.25, -0.2) is 9.79 Å². The second kappa shape index (κ2) is 9.60. The van der Waals surface area contributed by atoms with Gasteiger partial charge in [0.05, 0.1) is 5.56 Å². The van der Waals surface area contributed by atoms with Crippen LogP contribution in [0.5, 0.6) is 0 Å². The molecule has 0 saturated heterocycles. The molecule has 1 atom stereocenters. The normalized spacial score (nSPS) is 20.1. The SMILES string of the molecule is CCCN1C(Cc2ccc(-c3ccncc3C(=O)O)cc2)=NC(C2CCCCC2)N1C. The summed E-state index contributed by atoms with van der Waals surface area (Å²) in [6, 6.07) is 9.92. The molecule has 1 N–H and O–H groups in total. The highest BCUT2D eigenvalue weighted by molar-refractivity contribution is 5.95. The predicted molar refractivity (Wildman–Crippen MR) is 123 cm³/mol. The van der Waals surface area contributed by atoms with Gasteiger partial charge in [-0.15, -0.1) is 0 Å². The van der Waals surface area contributed by atoms with Gasteiger partial charge in [-0.05, 0) is 47.9 Å². The van der Waals surface area contributed by atoms with Crippen molar-refractivity contribution in [2.24, 2.45) is 10.9 Å². The third-order valence-corrected chi connectivity index (χ3v) is 6.53. The lowest BCUT2D eigenvalue weighted by molar-refractivity contribution is 0.0216. The van der Waals surface area contributed by atoms with Crippen molar-refractivity contribution in [3.63, 3.8) is 0 Å². The van der Waals surface area contributed by atoms with E-state index in [1.807, 2.05) is 12.1 Å². The van der Waals surface area contributed by atoms with E-state index in [2.05, 4.69) is 41.1 Å². The van der Waals surface area contributed by atoms with Crippen LogP contribution in [0.3, 0.4) is 0 Å². The molecule has 0 spiro atoms. The van der Waals surface area contributed by atoms with Gasteiger partial charge in [-0.3, -0.25) is 9.99 Å². The van der Waals surface area contributed by atoms with Crippen LogP contribution in [0.4, 0.5) is 0 Å². The smallest absolute Gasteiger partial charge is 0.337 e. The minimum Gasteiger partial charge on any atom is -0.478 e. The van der Waals surface area contributed by atoms with E-state index in [-0.39, 0.29) is 11.7 Å². The number of amidine groups is 1. The molecule has 1 aliphatic heterocycles. The average Bonchev–Trinajstić information content (AvgIpc) is 3.10. The molecule has 1 aliphatic carbocycles. The summed E-state index contributed by atoms with van der Waals surface area (Å²) >= 11 is 0. The van der Waals surface area contributed by atoms with E-state index in [1.54, 1.807) is 12.3 Å². The maximum atomic E-state index is 11.5. The zero-order valence-corrected chi connectivity index (χ0v) is 18.5. The molecule has 4 rings (SSSR count). The fourth-order valence-corrected chi connectivity index (χ4v) is 4.91. The Bertz CT molecular complexity index is 935. The first-order chi connectivity index (χ1) is 15.1. The highest BCUT2D eigenvalue weighted by Crippen LogP contribution is 2.33. The highest BCUT2D eigenvalue weighted by Gasteiger charge is 2.35. The number of rotatable bonds is 7. The standard InChI is InChI=1S/C25H32N4O2/c1-3-15-29-23(27-24(28(29)2)20-7-5-4-6-8-20)16-18-9-11-19(12-10-18)21-13-14-26-17-22(21)25(30)31/h9-14,17,20,24H,3-8,15-16H2,1-2H3,(H,30,31). The van der Waals surface area contributed by atoms with Crippen LogP contribution in [0.2, 0.25) is 0 Å². The summed E-state index contributed by atoms with van der Waals surface area (Å²) in [4.78, 5) is 20.7. The van der Waals surface area contributed by atoms with Crippen LogP contribution in [0.15, 0.2) is 47.7 Å². The minimum absolute atomic E-state index is 0.224. The summed E-state index contributed by atoms with van der Waals surface area (Å²) in [7, 11) is 2.19. The van der Waals surface area contributed by atoms with E-state index in [1.165, 1.54) is 43.9 Å². The first-order valence-corrected chi connectivity index (χ1v) is 11.4. The number of pyridine rings is 1. The van der Waals surface area contributed by atoms with E-state index in [4.69, 9.17) is 4.99 Å². The summed E-state index contributed by atoms with van der Waals surface area (Å²) in [5.41, 5.74) is 2.99. The Labute approximate surface area is 184 Å². The van der Waals surface area contributed by atoms with Crippen molar-refractivity contribution in [2.45, 2.75) is 58.0 Å². The molecule has 1 aromatic carbocycles. The summed E-state index contributed by atoms with van der Waals surface area (Å²) in [5.74, 6) is 0.835. The second-order valence-corrected chi connectivity index (χ2v) is 8.65. The molecule has 1 fully saturated rings. The van der Waals surface area contributed by atoms with E-state index < -0.39 is 5.97 Å². The second-order valence-electron chi connectivity index (χ2n) is 8.65. The largest absolute Gasteiger partial charge is 0.478 e. The topological polar surface area (TPSA) is 69.0 Å². The predicted octanol–water partition coefficient (Wildman–Crippen LogP) is 4.87. The van der Waals surface area contributed by atoms with Gasteiger partial charge < -0.3 is 5.11 Å². The average molecular weight is 421 g/mol. The first kappa shape index (κ1) is 21.5. The first-order valence-electron chi connectivity index (χ1n) is 11.4. The number of benzene rings is 1. The van der Waals surface area contributed by atoms with Gasteiger partial charge in [0.25, 0.3) is 0 Å². The molecule has 1 unspecified atom stereocenters. The molecule has 2 aliphatic rings. The van der Waals surface area contributed by atoms with Gasteiger partial charge >= 0.3 is 5.97 Å². The number of nitrogens with zero attached hydrogens (tertiary/aromatic N) is 4. The van der Waals surface area contributed by atoms with Gasteiger partial charge in [0, 0.05) is 32.4 Å². The number of carboxylic acids is 1. The molecule has 31 heavy (non-hydrogen) atoms. The van der Waals surface area contributed by atoms with Crippen molar-refractivity contribution in [1.82, 2.24) is 15.0 Å². The summed E-state index contributed by atoms with van der Waals surface area (Å²) in [6.45, 7) is 3.19. The lowest BCUT2D eigenvalue weighted by Gasteiger charge is -2.35. The Morgan fingerprint density at radius 1 is 1.13 bits per heavy atom. The molecule has 0 bridgehead atoms. The summed E-state index contributed by atoms with van der Waals surface area (Å²) in [5, 5.41) is 14.2. The number of hydrazine groups is 1. The van der Waals surface area contributed by atoms with Gasteiger partial charge in [0.2, 0.25) is 0 Å². The molecule has 164 valence electrons. The minimum atomic E-state index is -0.959. The van der Waals surface area contributed by atoms with Crippen LogP contribution < -0.4 is 0 Å². The zero-order valence-electron chi connectivity index (χ0n) is 18.5. The molecular weight excluding hydrogens is 388 g/mol. The molecular formula is C25H32N4O2. The van der Waals surface area contributed by atoms with Crippen molar-refractivity contribution in [3.8, 4) is 11.1 Å². The third kappa shape index (κ3) is 4.64. The third-order valence-electron chi connectivity index (χ3n) is 6.53. The van der Waals surface area contributed by atoms with Crippen LogP contribution in [0.25, 0.3) is 11.1 Å². The van der Waals surface area contributed by atoms with E-state index in [0.29, 0.717) is 11.5 Å². The van der Waals surface area contributed by atoms with Crippen LogP contribution >= 0.6 is 0 Å². The number of carboxylic acid groups (broad SMARTS) is 1. The Morgan fingerprint density at radius 2 is 1.87 bits per heavy atom. The fourth-order valence-electron chi connectivity index (χ4n) is 4.91. The number of aromatic nitrogens is 1. The van der Waals surface area contributed by atoms with E-state index in [0.717, 1.165) is 30.8 Å². The zero-order chi connectivity index (χ0) is 21.8. The monoisotopic (exact) mass is 420 g/mol. The molecule has 0 amide bonds. The molecule has 1 saturated carbocycles. The highest BCUT2D eigenvalue weighted by atomic mass is 16.4. The van der Waals surface area contributed by atoms with Crippen molar-refractivity contribution in [1.29, 1.82) is 0 Å². The quantitative estimate of drug-likeness (QED) is 0.692. The van der Waals surface area contributed by atoms with Crippen LogP contribution in [0, 0.1) is 5.92 Å². The maximum absolute atomic E-state index is 11.5. The molecule has 0 radical (unpaired) electrons. The van der Waals surface area contributed by atoms with Gasteiger partial charge in [0.1, 0.15) is 12.0 Å². The van der Waals surface area contributed by atoms with E-state index in [9.17, 15) is 9.90 Å².